The van der Waals surface area contributed by atoms with Gasteiger partial charge in [0.05, 0.1) is 11.4 Å². The highest BCUT2D eigenvalue weighted by atomic mass is 15.0. The molecule has 226 valence electrons. The second-order valence-corrected chi connectivity index (χ2v) is 11.3. The van der Waals surface area contributed by atoms with Crippen LogP contribution in [0.1, 0.15) is 0 Å². The minimum Gasteiger partial charge on any atom is -0.227 e. The van der Waals surface area contributed by atoms with Gasteiger partial charge in [0.25, 0.3) is 0 Å². The number of hydrogen-bond donors (Lipinski definition) is 0. The van der Waals surface area contributed by atoms with E-state index in [4.69, 9.17) is 24.9 Å². The molecule has 0 amide bonds. The van der Waals surface area contributed by atoms with Gasteiger partial charge >= 0.3 is 0 Å². The van der Waals surface area contributed by atoms with Crippen molar-refractivity contribution in [3.63, 3.8) is 0 Å². The molecule has 0 aliphatic heterocycles. The molecule has 8 rings (SSSR count). The Kier molecular flexibility index (Phi) is 7.83. The summed E-state index contributed by atoms with van der Waals surface area (Å²) in [6, 6.07) is 59.2. The van der Waals surface area contributed by atoms with E-state index in [0.717, 1.165) is 55.9 Å². The Hall–Kier alpha value is -6.59. The van der Waals surface area contributed by atoms with Crippen LogP contribution in [0.25, 0.3) is 79.2 Å². The summed E-state index contributed by atoms with van der Waals surface area (Å²) in [6.45, 7) is 0. The minimum absolute atomic E-state index is 0.592. The quantitative estimate of drug-likeness (QED) is 0.178. The Morgan fingerprint density at radius 3 is 0.917 bits per heavy atom. The molecule has 2 heterocycles. The van der Waals surface area contributed by atoms with Crippen LogP contribution >= 0.6 is 0 Å². The van der Waals surface area contributed by atoms with Crippen molar-refractivity contribution in [3.05, 3.63) is 176 Å². The van der Waals surface area contributed by atoms with Crippen molar-refractivity contribution in [2.75, 3.05) is 0 Å². The largest absolute Gasteiger partial charge is 0.227 e. The molecule has 0 aliphatic carbocycles. The summed E-state index contributed by atoms with van der Waals surface area (Å²) in [5.41, 5.74) is 9.31. The van der Waals surface area contributed by atoms with Crippen molar-refractivity contribution in [2.24, 2.45) is 0 Å². The van der Waals surface area contributed by atoms with Crippen molar-refractivity contribution >= 4 is 0 Å². The van der Waals surface area contributed by atoms with E-state index in [0.29, 0.717) is 23.3 Å². The molecule has 48 heavy (non-hydrogen) atoms. The van der Waals surface area contributed by atoms with Gasteiger partial charge < -0.3 is 0 Å². The monoisotopic (exact) mass is 615 g/mol. The van der Waals surface area contributed by atoms with E-state index < -0.39 is 0 Å². The van der Waals surface area contributed by atoms with Gasteiger partial charge in [-0.05, 0) is 11.6 Å². The molecule has 0 N–H and O–H groups in total. The lowest BCUT2D eigenvalue weighted by Gasteiger charge is -2.17. The third-order valence-electron chi connectivity index (χ3n) is 8.14. The molecule has 0 saturated heterocycles. The minimum atomic E-state index is 0.592. The Balaban J connectivity index is 1.36. The van der Waals surface area contributed by atoms with Gasteiger partial charge in [0.15, 0.2) is 23.3 Å². The first-order valence-electron chi connectivity index (χ1n) is 15.9. The number of nitrogens with zero attached hydrogens (tertiary/aromatic N) is 5. The van der Waals surface area contributed by atoms with E-state index in [9.17, 15) is 0 Å². The Bertz CT molecular complexity index is 2190. The van der Waals surface area contributed by atoms with E-state index in [-0.39, 0.29) is 0 Å². The third kappa shape index (κ3) is 5.88. The summed E-state index contributed by atoms with van der Waals surface area (Å²) >= 11 is 0. The van der Waals surface area contributed by atoms with Gasteiger partial charge in [0.2, 0.25) is 0 Å². The molecule has 5 heteroatoms. The lowest BCUT2D eigenvalue weighted by atomic mass is 9.93. The van der Waals surface area contributed by atoms with Crippen molar-refractivity contribution in [1.82, 2.24) is 24.9 Å². The summed E-state index contributed by atoms with van der Waals surface area (Å²) in [6.07, 6.45) is 0. The zero-order chi connectivity index (χ0) is 32.1. The second-order valence-electron chi connectivity index (χ2n) is 11.3. The van der Waals surface area contributed by atoms with Gasteiger partial charge in [-0.1, -0.05) is 170 Å². The maximum absolute atomic E-state index is 5.23. The third-order valence-corrected chi connectivity index (χ3v) is 8.14. The normalized spacial score (nSPS) is 10.9. The second kappa shape index (κ2) is 13.0. The molecule has 0 saturated carbocycles. The van der Waals surface area contributed by atoms with Crippen LogP contribution in [0, 0.1) is 0 Å². The highest BCUT2D eigenvalue weighted by Gasteiger charge is 2.21. The van der Waals surface area contributed by atoms with Crippen molar-refractivity contribution in [2.45, 2.75) is 0 Å². The van der Waals surface area contributed by atoms with Crippen LogP contribution in [-0.4, -0.2) is 24.9 Å². The Morgan fingerprint density at radius 1 is 0.229 bits per heavy atom. The highest BCUT2D eigenvalue weighted by Crippen LogP contribution is 2.40. The SMILES string of the molecule is c1ccc(-c2nc(-c3ccccc3)nc(-c3cccc(-c4c(-c5ccccc5)nc(-c5ccccc5)nc4-c4ccccc4)c3)n2)cc1. The number of aromatic nitrogens is 5. The van der Waals surface area contributed by atoms with Gasteiger partial charge in [-0.2, -0.15) is 0 Å². The first-order chi connectivity index (χ1) is 23.8. The molecule has 8 aromatic rings. The van der Waals surface area contributed by atoms with E-state index in [1.165, 1.54) is 0 Å². The fraction of sp³-hybridized carbons (Fsp3) is 0. The van der Waals surface area contributed by atoms with E-state index in [1.54, 1.807) is 0 Å². The van der Waals surface area contributed by atoms with Crippen LogP contribution in [0.15, 0.2) is 176 Å². The van der Waals surface area contributed by atoms with E-state index in [1.807, 2.05) is 127 Å². The molecule has 0 aliphatic rings. The summed E-state index contributed by atoms with van der Waals surface area (Å²) in [5.74, 6) is 2.50. The molecule has 0 radical (unpaired) electrons. The van der Waals surface area contributed by atoms with Crippen LogP contribution < -0.4 is 0 Å². The van der Waals surface area contributed by atoms with Crippen LogP contribution in [-0.2, 0) is 0 Å². The van der Waals surface area contributed by atoms with Crippen LogP contribution in [0.4, 0.5) is 0 Å². The molecule has 0 unspecified atom stereocenters. The lowest BCUT2D eigenvalue weighted by Crippen LogP contribution is -2.02. The molecule has 6 aromatic carbocycles. The highest BCUT2D eigenvalue weighted by molar-refractivity contribution is 5.93. The zero-order valence-corrected chi connectivity index (χ0v) is 26.0. The van der Waals surface area contributed by atoms with Crippen LogP contribution in [0.3, 0.4) is 0 Å². The molecule has 0 bridgehead atoms. The van der Waals surface area contributed by atoms with Gasteiger partial charge in [0, 0.05) is 38.9 Å². The van der Waals surface area contributed by atoms with Crippen molar-refractivity contribution < 1.29 is 0 Å². The maximum atomic E-state index is 5.23. The number of hydrogen-bond acceptors (Lipinski definition) is 5. The number of benzene rings is 6. The molecular formula is C43H29N5. The fourth-order valence-electron chi connectivity index (χ4n) is 5.81. The lowest BCUT2D eigenvalue weighted by molar-refractivity contribution is 1.07. The zero-order valence-electron chi connectivity index (χ0n) is 26.0. The van der Waals surface area contributed by atoms with Crippen molar-refractivity contribution in [1.29, 1.82) is 0 Å². The summed E-state index contributed by atoms with van der Waals surface area (Å²) in [4.78, 5) is 25.3. The topological polar surface area (TPSA) is 64.5 Å². The predicted molar refractivity (Wildman–Crippen MR) is 193 cm³/mol. The fourth-order valence-corrected chi connectivity index (χ4v) is 5.81. The maximum Gasteiger partial charge on any atom is 0.164 e. The average Bonchev–Trinajstić information content (AvgIpc) is 3.19. The van der Waals surface area contributed by atoms with Gasteiger partial charge in [-0.25, -0.2) is 24.9 Å². The van der Waals surface area contributed by atoms with Crippen molar-refractivity contribution in [3.8, 4) is 79.2 Å². The van der Waals surface area contributed by atoms with E-state index >= 15 is 0 Å². The standard InChI is InChI=1S/C43H29N5/c1-6-17-30(18-7-1)38-37(39(31-19-8-2-9-20-31)45-40(44-38)32-21-10-3-11-22-32)35-27-16-28-36(29-35)43-47-41(33-23-12-4-13-24-33)46-42(48-43)34-25-14-5-15-26-34/h1-29H. The molecular weight excluding hydrogens is 587 g/mol. The van der Waals surface area contributed by atoms with Gasteiger partial charge in [-0.3, -0.25) is 0 Å². The van der Waals surface area contributed by atoms with Crippen LogP contribution in [0.5, 0.6) is 0 Å². The molecule has 5 nitrogen and oxygen atoms in total. The smallest absolute Gasteiger partial charge is 0.164 e. The molecule has 0 fully saturated rings. The molecule has 2 aromatic heterocycles. The first kappa shape index (κ1) is 28.9. The average molecular weight is 616 g/mol. The first-order valence-corrected chi connectivity index (χ1v) is 15.9. The van der Waals surface area contributed by atoms with E-state index in [2.05, 4.69) is 48.5 Å². The number of rotatable bonds is 7. The molecule has 0 spiro atoms. The van der Waals surface area contributed by atoms with Crippen LogP contribution in [0.2, 0.25) is 0 Å². The summed E-state index contributed by atoms with van der Waals surface area (Å²) in [5, 5.41) is 0. The van der Waals surface area contributed by atoms with Gasteiger partial charge in [-0.15, -0.1) is 0 Å². The summed E-state index contributed by atoms with van der Waals surface area (Å²) < 4.78 is 0. The molecule has 0 atom stereocenters. The summed E-state index contributed by atoms with van der Waals surface area (Å²) in [7, 11) is 0. The Morgan fingerprint density at radius 2 is 0.521 bits per heavy atom. The van der Waals surface area contributed by atoms with Gasteiger partial charge in [0.1, 0.15) is 0 Å². The Labute approximate surface area is 279 Å². The predicted octanol–water partition coefficient (Wildman–Crippen LogP) is 10.3.